The molecule has 106 valence electrons. The van der Waals surface area contributed by atoms with Crippen molar-refractivity contribution in [3.63, 3.8) is 0 Å². The number of nitrogens with zero attached hydrogens (tertiary/aromatic N) is 1. The van der Waals surface area contributed by atoms with Crippen LogP contribution in [0.4, 0.5) is 0 Å². The van der Waals surface area contributed by atoms with Gasteiger partial charge < -0.3 is 15.4 Å². The van der Waals surface area contributed by atoms with Gasteiger partial charge in [-0.15, -0.1) is 0 Å². The van der Waals surface area contributed by atoms with Gasteiger partial charge in [-0.05, 0) is 31.2 Å². The lowest BCUT2D eigenvalue weighted by molar-refractivity contribution is -0.141. The van der Waals surface area contributed by atoms with Gasteiger partial charge in [0.1, 0.15) is 0 Å². The van der Waals surface area contributed by atoms with Gasteiger partial charge in [-0.25, -0.2) is 0 Å². The summed E-state index contributed by atoms with van der Waals surface area (Å²) in [6.07, 6.45) is 2.58. The number of carbonyl (C=O) groups is 1. The summed E-state index contributed by atoms with van der Waals surface area (Å²) in [4.78, 5) is 14.3. The number of rotatable bonds is 6. The van der Waals surface area contributed by atoms with Crippen LogP contribution in [0.15, 0.2) is 0 Å². The third kappa shape index (κ3) is 4.58. The average Bonchev–Trinajstić information content (AvgIpc) is 2.37. The van der Waals surface area contributed by atoms with Crippen LogP contribution < -0.4 is 5.73 Å². The number of hydrogen-bond acceptors (Lipinski definition) is 3. The molecule has 0 bridgehead atoms. The molecule has 1 rings (SSSR count). The average molecular weight is 256 g/mol. The molecule has 0 aromatic heterocycles. The number of carbonyl (C=O) groups excluding carboxylic acids is 1. The van der Waals surface area contributed by atoms with Crippen LogP contribution in [-0.2, 0) is 9.53 Å². The maximum Gasteiger partial charge on any atom is 0.223 e. The van der Waals surface area contributed by atoms with Crippen LogP contribution in [0.3, 0.4) is 0 Å². The van der Waals surface area contributed by atoms with E-state index in [-0.39, 0.29) is 11.9 Å². The molecule has 1 saturated heterocycles. The lowest BCUT2D eigenvalue weighted by Gasteiger charge is -2.36. The molecule has 1 amide bonds. The fourth-order valence-electron chi connectivity index (χ4n) is 2.62. The molecule has 1 aliphatic rings. The third-order valence-electron chi connectivity index (χ3n) is 3.62. The minimum atomic E-state index is 0.251. The molecule has 1 aliphatic heterocycles. The minimum absolute atomic E-state index is 0.251. The van der Waals surface area contributed by atoms with Crippen LogP contribution in [0.2, 0.25) is 0 Å². The first-order chi connectivity index (χ1) is 8.58. The smallest absolute Gasteiger partial charge is 0.223 e. The number of amides is 1. The van der Waals surface area contributed by atoms with Crippen molar-refractivity contribution in [2.24, 2.45) is 17.6 Å². The Morgan fingerprint density at radius 1 is 1.50 bits per heavy atom. The van der Waals surface area contributed by atoms with E-state index >= 15 is 0 Å². The van der Waals surface area contributed by atoms with Crippen molar-refractivity contribution in [3.05, 3.63) is 0 Å². The van der Waals surface area contributed by atoms with Gasteiger partial charge in [0.2, 0.25) is 5.91 Å². The van der Waals surface area contributed by atoms with Crippen LogP contribution in [0, 0.1) is 11.8 Å². The second-order valence-corrected chi connectivity index (χ2v) is 5.66. The Hall–Kier alpha value is -0.610. The molecule has 0 aromatic carbocycles. The maximum atomic E-state index is 12.3. The Labute approximate surface area is 111 Å². The quantitative estimate of drug-likeness (QED) is 0.786. The van der Waals surface area contributed by atoms with E-state index in [1.54, 1.807) is 0 Å². The van der Waals surface area contributed by atoms with Crippen LogP contribution in [0.25, 0.3) is 0 Å². The fourth-order valence-corrected chi connectivity index (χ4v) is 2.62. The molecule has 2 N–H and O–H groups in total. The first-order valence-electron chi connectivity index (χ1n) is 7.15. The molecule has 1 fully saturated rings. The minimum Gasteiger partial charge on any atom is -0.377 e. The molecule has 0 aromatic rings. The summed E-state index contributed by atoms with van der Waals surface area (Å²) in [6.45, 7) is 9.14. The van der Waals surface area contributed by atoms with Crippen molar-refractivity contribution in [3.8, 4) is 0 Å². The molecule has 1 heterocycles. The molecule has 2 atom stereocenters. The Balaban J connectivity index is 2.51. The number of ether oxygens (including phenoxy) is 1. The van der Waals surface area contributed by atoms with E-state index in [0.29, 0.717) is 38.0 Å². The molecule has 18 heavy (non-hydrogen) atoms. The highest BCUT2D eigenvalue weighted by atomic mass is 16.5. The first kappa shape index (κ1) is 15.4. The van der Waals surface area contributed by atoms with Crippen molar-refractivity contribution in [2.75, 3.05) is 26.3 Å². The number of nitrogens with two attached hydrogens (primary N) is 1. The summed E-state index contributed by atoms with van der Waals surface area (Å²) in [5.41, 5.74) is 5.77. The molecule has 4 nitrogen and oxygen atoms in total. The highest BCUT2D eigenvalue weighted by Gasteiger charge is 2.27. The van der Waals surface area contributed by atoms with E-state index in [1.165, 1.54) is 0 Å². The zero-order chi connectivity index (χ0) is 13.5. The Bertz CT molecular complexity index is 256. The third-order valence-corrected chi connectivity index (χ3v) is 3.62. The Kier molecular flexibility index (Phi) is 6.65. The van der Waals surface area contributed by atoms with Gasteiger partial charge >= 0.3 is 0 Å². The number of hydrogen-bond donors (Lipinski definition) is 1. The zero-order valence-corrected chi connectivity index (χ0v) is 12.0. The van der Waals surface area contributed by atoms with Crippen molar-refractivity contribution >= 4 is 5.91 Å². The van der Waals surface area contributed by atoms with E-state index in [9.17, 15) is 4.79 Å². The molecule has 4 heteroatoms. The zero-order valence-electron chi connectivity index (χ0n) is 12.0. The Morgan fingerprint density at radius 3 is 2.78 bits per heavy atom. The second kappa shape index (κ2) is 7.74. The predicted molar refractivity (Wildman–Crippen MR) is 73.2 cm³/mol. The Morgan fingerprint density at radius 2 is 2.22 bits per heavy atom. The van der Waals surface area contributed by atoms with E-state index in [0.717, 1.165) is 19.4 Å². The van der Waals surface area contributed by atoms with Crippen molar-refractivity contribution in [1.82, 2.24) is 4.90 Å². The van der Waals surface area contributed by atoms with E-state index in [1.807, 2.05) is 4.90 Å². The van der Waals surface area contributed by atoms with Gasteiger partial charge in [0.25, 0.3) is 0 Å². The molecular formula is C14H28N2O2. The van der Waals surface area contributed by atoms with Gasteiger partial charge in [0.15, 0.2) is 0 Å². The van der Waals surface area contributed by atoms with E-state index in [4.69, 9.17) is 10.5 Å². The monoisotopic (exact) mass is 256 g/mol. The van der Waals surface area contributed by atoms with Gasteiger partial charge in [0.05, 0.1) is 19.3 Å². The van der Waals surface area contributed by atoms with Crippen LogP contribution in [0.1, 0.15) is 40.0 Å². The fraction of sp³-hybridized carbons (Fsp3) is 0.929. The summed E-state index contributed by atoms with van der Waals surface area (Å²) in [6, 6.07) is 0.253. The second-order valence-electron chi connectivity index (χ2n) is 5.66. The van der Waals surface area contributed by atoms with Crippen molar-refractivity contribution in [1.29, 1.82) is 0 Å². The molecule has 1 unspecified atom stereocenters. The number of morpholine rings is 1. The highest BCUT2D eigenvalue weighted by molar-refractivity contribution is 5.77. The van der Waals surface area contributed by atoms with Crippen LogP contribution in [0.5, 0.6) is 0 Å². The summed E-state index contributed by atoms with van der Waals surface area (Å²) in [5, 5.41) is 0. The van der Waals surface area contributed by atoms with Crippen LogP contribution >= 0.6 is 0 Å². The standard InChI is InChI=1S/C14H28N2O2/c1-4-13-10-18-6-5-16(13)14(17)8-12(9-15)7-11(2)3/h11-13H,4-10,15H2,1-3H3/t12-,13?/m0/s1. The lowest BCUT2D eigenvalue weighted by Crippen LogP contribution is -2.49. The predicted octanol–water partition coefficient (Wildman–Crippen LogP) is 1.63. The van der Waals surface area contributed by atoms with E-state index < -0.39 is 0 Å². The largest absolute Gasteiger partial charge is 0.377 e. The van der Waals surface area contributed by atoms with Crippen molar-refractivity contribution < 1.29 is 9.53 Å². The summed E-state index contributed by atoms with van der Waals surface area (Å²) >= 11 is 0. The van der Waals surface area contributed by atoms with Crippen LogP contribution in [-0.4, -0.2) is 43.2 Å². The van der Waals surface area contributed by atoms with Gasteiger partial charge in [-0.1, -0.05) is 20.8 Å². The highest BCUT2D eigenvalue weighted by Crippen LogP contribution is 2.18. The molecule has 0 radical (unpaired) electrons. The molecular weight excluding hydrogens is 228 g/mol. The molecule has 0 saturated carbocycles. The van der Waals surface area contributed by atoms with Gasteiger partial charge in [-0.3, -0.25) is 4.79 Å². The first-order valence-corrected chi connectivity index (χ1v) is 7.15. The topological polar surface area (TPSA) is 55.6 Å². The summed E-state index contributed by atoms with van der Waals surface area (Å²) < 4.78 is 5.43. The van der Waals surface area contributed by atoms with Gasteiger partial charge in [-0.2, -0.15) is 0 Å². The summed E-state index contributed by atoms with van der Waals surface area (Å²) in [7, 11) is 0. The normalized spacial score (nSPS) is 22.3. The van der Waals surface area contributed by atoms with Crippen molar-refractivity contribution in [2.45, 2.75) is 46.1 Å². The lowest BCUT2D eigenvalue weighted by atomic mass is 9.93. The molecule has 0 aliphatic carbocycles. The van der Waals surface area contributed by atoms with E-state index in [2.05, 4.69) is 20.8 Å². The molecule has 0 spiro atoms. The maximum absolute atomic E-state index is 12.3. The SMILES string of the molecule is CCC1COCCN1C(=O)C[C@@H](CN)CC(C)C. The van der Waals surface area contributed by atoms with Gasteiger partial charge in [0, 0.05) is 13.0 Å². The summed E-state index contributed by atoms with van der Waals surface area (Å²) in [5.74, 6) is 1.16.